The smallest absolute Gasteiger partial charge is 0.408 e. The maximum atomic E-state index is 12.1. The molecule has 30 heavy (non-hydrogen) atoms. The lowest BCUT2D eigenvalue weighted by Crippen LogP contribution is -2.37. The molecule has 0 radical (unpaired) electrons. The molecule has 3 amide bonds. The lowest BCUT2D eigenvalue weighted by atomic mass is 10.2. The van der Waals surface area contributed by atoms with Crippen LogP contribution in [-0.4, -0.2) is 30.1 Å². The third kappa shape index (κ3) is 8.79. The summed E-state index contributed by atoms with van der Waals surface area (Å²) in [6.07, 6.45) is 2.39. The Labute approximate surface area is 180 Å². The zero-order chi connectivity index (χ0) is 22.1. The van der Waals surface area contributed by atoms with Gasteiger partial charge in [0.05, 0.1) is 0 Å². The molecule has 0 aliphatic carbocycles. The number of rotatable bonds is 6. The molecule has 158 valence electrons. The van der Waals surface area contributed by atoms with Gasteiger partial charge in [0.1, 0.15) is 12.1 Å². The molecule has 2 aromatic rings. The third-order valence-corrected chi connectivity index (χ3v) is 3.76. The van der Waals surface area contributed by atoms with Crippen molar-refractivity contribution in [3.8, 4) is 0 Å². The van der Waals surface area contributed by atoms with Crippen LogP contribution in [0.5, 0.6) is 0 Å². The predicted molar refractivity (Wildman–Crippen MR) is 118 cm³/mol. The molecule has 0 bridgehead atoms. The van der Waals surface area contributed by atoms with E-state index in [-0.39, 0.29) is 12.5 Å². The second kappa shape index (κ2) is 10.5. The Hall–Kier alpha value is -3.32. The van der Waals surface area contributed by atoms with Crippen molar-refractivity contribution in [2.24, 2.45) is 0 Å². The van der Waals surface area contributed by atoms with Crippen molar-refractivity contribution in [2.75, 3.05) is 17.2 Å². The summed E-state index contributed by atoms with van der Waals surface area (Å²) in [6.45, 7) is 4.96. The second-order valence-corrected chi connectivity index (χ2v) is 7.79. The molecule has 2 aromatic carbocycles. The van der Waals surface area contributed by atoms with E-state index in [0.29, 0.717) is 16.4 Å². The first kappa shape index (κ1) is 23.0. The molecule has 8 heteroatoms. The van der Waals surface area contributed by atoms with Gasteiger partial charge in [-0.05, 0) is 62.7 Å². The van der Waals surface area contributed by atoms with Crippen molar-refractivity contribution in [3.05, 3.63) is 65.2 Å². The zero-order valence-electron chi connectivity index (χ0n) is 17.0. The molecule has 7 nitrogen and oxygen atoms in total. The number of amides is 3. The van der Waals surface area contributed by atoms with Crippen molar-refractivity contribution < 1.29 is 19.1 Å². The van der Waals surface area contributed by atoms with Crippen LogP contribution in [0, 0.1) is 0 Å². The number of alkyl carbamates (subject to hydrolysis) is 1. The van der Waals surface area contributed by atoms with Crippen LogP contribution in [0.15, 0.2) is 54.6 Å². The summed E-state index contributed by atoms with van der Waals surface area (Å²) in [6, 6.07) is 13.7. The first-order valence-electron chi connectivity index (χ1n) is 9.22. The molecule has 0 saturated heterocycles. The van der Waals surface area contributed by atoms with E-state index in [1.165, 1.54) is 6.08 Å². The van der Waals surface area contributed by atoms with Gasteiger partial charge in [-0.2, -0.15) is 0 Å². The van der Waals surface area contributed by atoms with Crippen LogP contribution < -0.4 is 16.0 Å². The lowest BCUT2D eigenvalue weighted by Gasteiger charge is -2.19. The van der Waals surface area contributed by atoms with Crippen LogP contribution in [-0.2, 0) is 14.3 Å². The van der Waals surface area contributed by atoms with Crippen LogP contribution in [0.25, 0.3) is 6.08 Å². The summed E-state index contributed by atoms with van der Waals surface area (Å²) in [5.74, 6) is -0.744. The molecular formula is C22H24ClN3O4. The molecule has 0 aliphatic heterocycles. The van der Waals surface area contributed by atoms with Gasteiger partial charge in [-0.25, -0.2) is 4.79 Å². The number of nitrogens with one attached hydrogen (secondary N) is 3. The van der Waals surface area contributed by atoms with Gasteiger partial charge in [-0.15, -0.1) is 0 Å². The largest absolute Gasteiger partial charge is 0.444 e. The number of carbonyl (C=O) groups excluding carboxylic acids is 3. The van der Waals surface area contributed by atoms with Crippen molar-refractivity contribution >= 4 is 47.0 Å². The fourth-order valence-corrected chi connectivity index (χ4v) is 2.40. The minimum absolute atomic E-state index is 0.241. The molecule has 2 rings (SSSR count). The number of anilines is 2. The Balaban J connectivity index is 1.86. The van der Waals surface area contributed by atoms with Crippen LogP contribution in [0.4, 0.5) is 16.2 Å². The van der Waals surface area contributed by atoms with E-state index in [4.69, 9.17) is 16.3 Å². The average molecular weight is 430 g/mol. The molecule has 0 spiro atoms. The van der Waals surface area contributed by atoms with Crippen LogP contribution >= 0.6 is 11.6 Å². The van der Waals surface area contributed by atoms with Gasteiger partial charge in [0.15, 0.2) is 0 Å². The summed E-state index contributed by atoms with van der Waals surface area (Å²) < 4.78 is 5.07. The van der Waals surface area contributed by atoms with Gasteiger partial charge in [0.25, 0.3) is 0 Å². The molecular weight excluding hydrogens is 406 g/mol. The fraction of sp³-hybridized carbons (Fsp3) is 0.227. The SMILES string of the molecule is CC(C)(C)OC(=O)NCC(=O)Nc1cccc(NC(=O)/C=C/c2ccc(Cl)cc2)c1. The fourth-order valence-electron chi connectivity index (χ4n) is 2.28. The van der Waals surface area contributed by atoms with Gasteiger partial charge in [0.2, 0.25) is 11.8 Å². The van der Waals surface area contributed by atoms with Gasteiger partial charge in [0, 0.05) is 22.5 Å². The van der Waals surface area contributed by atoms with Crippen molar-refractivity contribution in [1.29, 1.82) is 0 Å². The van der Waals surface area contributed by atoms with E-state index < -0.39 is 17.6 Å². The maximum absolute atomic E-state index is 12.1. The van der Waals surface area contributed by atoms with Crippen molar-refractivity contribution in [1.82, 2.24) is 5.32 Å². The standard InChI is InChI=1S/C22H24ClN3O4/c1-22(2,3)30-21(29)24-14-20(28)26-18-6-4-5-17(13-18)25-19(27)12-9-15-7-10-16(23)11-8-15/h4-13H,14H2,1-3H3,(H,24,29)(H,25,27)(H,26,28)/b12-9+. The predicted octanol–water partition coefficient (Wildman–Crippen LogP) is 4.46. The normalized spacial score (nSPS) is 11.1. The Bertz CT molecular complexity index is 934. The summed E-state index contributed by atoms with van der Waals surface area (Å²) >= 11 is 5.83. The highest BCUT2D eigenvalue weighted by Crippen LogP contribution is 2.16. The van der Waals surface area contributed by atoms with E-state index in [0.717, 1.165) is 5.56 Å². The molecule has 0 unspecified atom stereocenters. The van der Waals surface area contributed by atoms with Crippen LogP contribution in [0.3, 0.4) is 0 Å². The van der Waals surface area contributed by atoms with Gasteiger partial charge >= 0.3 is 6.09 Å². The highest BCUT2D eigenvalue weighted by atomic mass is 35.5. The average Bonchev–Trinajstić information content (AvgIpc) is 2.65. The van der Waals surface area contributed by atoms with E-state index in [2.05, 4.69) is 16.0 Å². The molecule has 0 atom stereocenters. The summed E-state index contributed by atoms with van der Waals surface area (Å²) in [5.41, 5.74) is 1.19. The third-order valence-electron chi connectivity index (χ3n) is 3.50. The number of hydrogen-bond donors (Lipinski definition) is 3. The summed E-state index contributed by atoms with van der Waals surface area (Å²) in [4.78, 5) is 35.7. The summed E-state index contributed by atoms with van der Waals surface area (Å²) in [5, 5.41) is 8.37. The second-order valence-electron chi connectivity index (χ2n) is 7.36. The molecule has 0 heterocycles. The molecule has 0 saturated carbocycles. The number of ether oxygens (including phenoxy) is 1. The Morgan fingerprint density at radius 1 is 1.00 bits per heavy atom. The number of benzene rings is 2. The monoisotopic (exact) mass is 429 g/mol. The van der Waals surface area contributed by atoms with Crippen molar-refractivity contribution in [2.45, 2.75) is 26.4 Å². The molecule has 0 fully saturated rings. The minimum atomic E-state index is -0.675. The van der Waals surface area contributed by atoms with Crippen LogP contribution in [0.1, 0.15) is 26.3 Å². The minimum Gasteiger partial charge on any atom is -0.444 e. The van der Waals surface area contributed by atoms with Gasteiger partial charge < -0.3 is 20.7 Å². The first-order valence-corrected chi connectivity index (χ1v) is 9.60. The van der Waals surface area contributed by atoms with Crippen molar-refractivity contribution in [3.63, 3.8) is 0 Å². The number of hydrogen-bond acceptors (Lipinski definition) is 4. The topological polar surface area (TPSA) is 96.5 Å². The first-order chi connectivity index (χ1) is 14.1. The highest BCUT2D eigenvalue weighted by Gasteiger charge is 2.16. The molecule has 0 aromatic heterocycles. The number of carbonyl (C=O) groups is 3. The molecule has 3 N–H and O–H groups in total. The lowest BCUT2D eigenvalue weighted by molar-refractivity contribution is -0.115. The van der Waals surface area contributed by atoms with Gasteiger partial charge in [-0.1, -0.05) is 29.8 Å². The van der Waals surface area contributed by atoms with Gasteiger partial charge in [-0.3, -0.25) is 9.59 Å². The van der Waals surface area contributed by atoms with E-state index >= 15 is 0 Å². The highest BCUT2D eigenvalue weighted by molar-refractivity contribution is 6.30. The van der Waals surface area contributed by atoms with E-state index in [1.807, 2.05) is 0 Å². The summed E-state index contributed by atoms with van der Waals surface area (Å²) in [7, 11) is 0. The Morgan fingerprint density at radius 3 is 2.27 bits per heavy atom. The Kier molecular flexibility index (Phi) is 8.00. The maximum Gasteiger partial charge on any atom is 0.408 e. The van der Waals surface area contributed by atoms with Crippen LogP contribution in [0.2, 0.25) is 5.02 Å². The number of halogens is 1. The zero-order valence-corrected chi connectivity index (χ0v) is 17.7. The molecule has 0 aliphatic rings. The van der Waals surface area contributed by atoms with E-state index in [1.54, 1.807) is 75.4 Å². The van der Waals surface area contributed by atoms with E-state index in [9.17, 15) is 14.4 Å². The quantitative estimate of drug-likeness (QED) is 0.591. The Morgan fingerprint density at radius 2 is 1.63 bits per heavy atom.